The number of aromatic nitrogens is 2. The molecule has 4 rings (SSSR count). The Labute approximate surface area is 185 Å². The molecule has 0 N–H and O–H groups in total. The van der Waals surface area contributed by atoms with E-state index in [1.165, 1.54) is 26.4 Å². The van der Waals surface area contributed by atoms with Crippen LogP contribution in [0.1, 0.15) is 41.8 Å². The van der Waals surface area contributed by atoms with Crippen molar-refractivity contribution in [2.45, 2.75) is 43.4 Å². The van der Waals surface area contributed by atoms with E-state index in [0.29, 0.717) is 40.0 Å². The minimum Gasteiger partial charge on any atom is -0.467 e. The van der Waals surface area contributed by atoms with E-state index in [4.69, 9.17) is 14.1 Å². The number of furan rings is 1. The third kappa shape index (κ3) is 4.85. The van der Waals surface area contributed by atoms with Crippen molar-refractivity contribution in [1.82, 2.24) is 14.5 Å². The summed E-state index contributed by atoms with van der Waals surface area (Å²) in [7, 11) is 3.52. The van der Waals surface area contributed by atoms with Crippen molar-refractivity contribution in [3.63, 3.8) is 0 Å². The van der Waals surface area contributed by atoms with E-state index in [0.717, 1.165) is 18.7 Å². The van der Waals surface area contributed by atoms with Gasteiger partial charge in [-0.1, -0.05) is 18.2 Å². The zero-order valence-electron chi connectivity index (χ0n) is 17.9. The molecule has 0 bridgehead atoms. The van der Waals surface area contributed by atoms with E-state index in [1.54, 1.807) is 40.8 Å². The number of esters is 1. The zero-order chi connectivity index (χ0) is 21.8. The molecule has 164 valence electrons. The number of rotatable bonds is 7. The molecule has 0 saturated carbocycles. The number of likely N-dealkylation sites (tertiary alicyclic amines) is 1. The molecule has 1 atom stereocenters. The van der Waals surface area contributed by atoms with Crippen LogP contribution >= 0.6 is 11.8 Å². The summed E-state index contributed by atoms with van der Waals surface area (Å²) in [6, 6.07) is 9.09. The first-order chi connectivity index (χ1) is 15.1. The number of methoxy groups -OCH3 is 1. The van der Waals surface area contributed by atoms with Crippen LogP contribution in [-0.4, -0.2) is 52.9 Å². The Hall–Kier alpha value is -2.58. The highest BCUT2D eigenvalue weighted by molar-refractivity contribution is 7.99. The lowest BCUT2D eigenvalue weighted by Crippen LogP contribution is -2.36. The molecule has 2 aromatic heterocycles. The molecule has 1 unspecified atom stereocenters. The summed E-state index contributed by atoms with van der Waals surface area (Å²) in [4.78, 5) is 32.4. The first-order valence-corrected chi connectivity index (χ1v) is 11.5. The number of carbonyl (C=O) groups is 1. The topological polar surface area (TPSA) is 77.6 Å². The van der Waals surface area contributed by atoms with E-state index >= 15 is 0 Å². The zero-order valence-corrected chi connectivity index (χ0v) is 18.7. The highest BCUT2D eigenvalue weighted by Crippen LogP contribution is 2.24. The van der Waals surface area contributed by atoms with E-state index in [2.05, 4.69) is 11.9 Å². The fourth-order valence-corrected chi connectivity index (χ4v) is 5.09. The molecule has 8 heteroatoms. The lowest BCUT2D eigenvalue weighted by atomic mass is 10.0. The largest absolute Gasteiger partial charge is 0.467 e. The molecule has 1 saturated heterocycles. The summed E-state index contributed by atoms with van der Waals surface area (Å²) >= 11 is 1.58. The Morgan fingerprint density at radius 2 is 2.19 bits per heavy atom. The van der Waals surface area contributed by atoms with Crippen LogP contribution < -0.4 is 5.56 Å². The van der Waals surface area contributed by atoms with Crippen molar-refractivity contribution in [2.75, 3.05) is 26.5 Å². The minimum atomic E-state index is -0.446. The van der Waals surface area contributed by atoms with Gasteiger partial charge >= 0.3 is 5.97 Å². The van der Waals surface area contributed by atoms with Gasteiger partial charge in [-0.2, -0.15) is 0 Å². The lowest BCUT2D eigenvalue weighted by molar-refractivity contribution is 0.0601. The molecule has 31 heavy (non-hydrogen) atoms. The summed E-state index contributed by atoms with van der Waals surface area (Å²) in [6.45, 7) is 1.46. The molecular weight excluding hydrogens is 414 g/mol. The first kappa shape index (κ1) is 21.6. The number of hydrogen-bond acceptors (Lipinski definition) is 7. The summed E-state index contributed by atoms with van der Waals surface area (Å²) in [5.74, 6) is 1.11. The maximum Gasteiger partial charge on any atom is 0.337 e. The van der Waals surface area contributed by atoms with Crippen LogP contribution in [0.5, 0.6) is 0 Å². The van der Waals surface area contributed by atoms with Gasteiger partial charge in [0.05, 0.1) is 36.4 Å². The Morgan fingerprint density at radius 3 is 2.94 bits per heavy atom. The third-order valence-electron chi connectivity index (χ3n) is 5.84. The smallest absolute Gasteiger partial charge is 0.337 e. The molecule has 1 aliphatic rings. The molecule has 0 aliphatic carbocycles. The van der Waals surface area contributed by atoms with E-state index in [-0.39, 0.29) is 5.56 Å². The summed E-state index contributed by atoms with van der Waals surface area (Å²) < 4.78 is 11.9. The highest BCUT2D eigenvalue weighted by Gasteiger charge is 2.20. The second-order valence-corrected chi connectivity index (χ2v) is 8.92. The van der Waals surface area contributed by atoms with Crippen molar-refractivity contribution in [3.8, 4) is 0 Å². The Balaban J connectivity index is 1.65. The number of fused-ring (bicyclic) bond motifs is 1. The number of hydrogen-bond donors (Lipinski definition) is 0. The van der Waals surface area contributed by atoms with Gasteiger partial charge in [0.2, 0.25) is 0 Å². The first-order valence-electron chi connectivity index (χ1n) is 10.5. The lowest BCUT2D eigenvalue weighted by Gasteiger charge is -2.32. The summed E-state index contributed by atoms with van der Waals surface area (Å²) in [6.07, 6.45) is 6.39. The maximum atomic E-state index is 13.3. The molecule has 7 nitrogen and oxygen atoms in total. The Morgan fingerprint density at radius 1 is 1.32 bits per heavy atom. The van der Waals surface area contributed by atoms with Crippen LogP contribution in [0.4, 0.5) is 0 Å². The molecule has 3 aromatic rings. The Kier molecular flexibility index (Phi) is 6.77. The number of piperidine rings is 1. The molecule has 3 heterocycles. The van der Waals surface area contributed by atoms with Crippen LogP contribution in [0.2, 0.25) is 0 Å². The van der Waals surface area contributed by atoms with Crippen LogP contribution in [-0.2, 0) is 11.3 Å². The van der Waals surface area contributed by atoms with Gasteiger partial charge in [0.15, 0.2) is 5.16 Å². The van der Waals surface area contributed by atoms with Gasteiger partial charge < -0.3 is 14.1 Å². The predicted molar refractivity (Wildman–Crippen MR) is 121 cm³/mol. The molecule has 1 aliphatic heterocycles. The molecule has 0 spiro atoms. The van der Waals surface area contributed by atoms with Crippen LogP contribution in [0, 0.1) is 0 Å². The van der Waals surface area contributed by atoms with Crippen LogP contribution in [0.15, 0.2) is 51.0 Å². The normalized spacial score (nSPS) is 17.2. The average molecular weight is 442 g/mol. The predicted octanol–water partition coefficient (Wildman–Crippen LogP) is 3.79. The SMILES string of the molecule is COC(=O)c1ccc2c(=O)n(Cc3ccco3)c(SCCC3CCCCN3C)nc2c1. The fourth-order valence-electron chi connectivity index (χ4n) is 4.05. The van der Waals surface area contributed by atoms with E-state index in [1.807, 2.05) is 12.1 Å². The number of benzene rings is 1. The standard InChI is InChI=1S/C23H27N3O4S/c1-25-11-4-3-6-17(25)10-13-31-23-24-20-14-16(22(28)29-2)8-9-19(20)21(27)26(23)15-18-7-5-12-30-18/h5,7-9,12,14,17H,3-4,6,10-11,13,15H2,1-2H3. The molecule has 1 fully saturated rings. The number of ether oxygens (including phenoxy) is 1. The minimum absolute atomic E-state index is 0.143. The van der Waals surface area contributed by atoms with Crippen molar-refractivity contribution in [3.05, 3.63) is 58.3 Å². The summed E-state index contributed by atoms with van der Waals surface area (Å²) in [5.41, 5.74) is 0.737. The second kappa shape index (κ2) is 9.70. The van der Waals surface area contributed by atoms with E-state index < -0.39 is 5.97 Å². The van der Waals surface area contributed by atoms with Crippen molar-refractivity contribution < 1.29 is 13.9 Å². The molecule has 0 radical (unpaired) electrons. The highest BCUT2D eigenvalue weighted by atomic mass is 32.2. The van der Waals surface area contributed by atoms with Gasteiger partial charge in [0, 0.05) is 11.8 Å². The van der Waals surface area contributed by atoms with E-state index in [9.17, 15) is 9.59 Å². The van der Waals surface area contributed by atoms with Crippen molar-refractivity contribution >= 4 is 28.6 Å². The Bertz CT molecular complexity index is 1110. The average Bonchev–Trinajstić information content (AvgIpc) is 3.30. The number of carbonyl (C=O) groups excluding carboxylic acids is 1. The van der Waals surface area contributed by atoms with Crippen LogP contribution in [0.3, 0.4) is 0 Å². The fraction of sp³-hybridized carbons (Fsp3) is 0.435. The third-order valence-corrected chi connectivity index (χ3v) is 6.85. The van der Waals surface area contributed by atoms with Crippen molar-refractivity contribution in [2.24, 2.45) is 0 Å². The van der Waals surface area contributed by atoms with Crippen LogP contribution in [0.25, 0.3) is 10.9 Å². The van der Waals surface area contributed by atoms with Crippen molar-refractivity contribution in [1.29, 1.82) is 0 Å². The molecule has 1 aromatic carbocycles. The monoisotopic (exact) mass is 441 g/mol. The summed E-state index contributed by atoms with van der Waals surface area (Å²) in [5, 5.41) is 1.10. The molecule has 0 amide bonds. The van der Waals surface area contributed by atoms with Gasteiger partial charge in [-0.3, -0.25) is 9.36 Å². The quantitative estimate of drug-likeness (QED) is 0.314. The van der Waals surface area contributed by atoms with Gasteiger partial charge in [-0.05, 0) is 63.2 Å². The van der Waals surface area contributed by atoms with Gasteiger partial charge in [-0.25, -0.2) is 9.78 Å². The number of thioether (sulfide) groups is 1. The number of nitrogens with zero attached hydrogens (tertiary/aromatic N) is 3. The van der Waals surface area contributed by atoms with Gasteiger partial charge in [-0.15, -0.1) is 0 Å². The van der Waals surface area contributed by atoms with Gasteiger partial charge in [0.25, 0.3) is 5.56 Å². The maximum absolute atomic E-state index is 13.3. The molecular formula is C23H27N3O4S. The van der Waals surface area contributed by atoms with Gasteiger partial charge in [0.1, 0.15) is 5.76 Å². The second-order valence-electron chi connectivity index (χ2n) is 7.86.